The number of likely N-dealkylation sites (N-methyl/N-ethyl adjacent to an activating group) is 1. The number of methoxy groups -OCH3 is 1. The maximum Gasteiger partial charge on any atom is 0.216 e. The molecule has 0 amide bonds. The number of ether oxygens (including phenoxy) is 1. The average Bonchev–Trinajstić information content (AvgIpc) is 2.90. The molecular weight excluding hydrogens is 230 g/mol. The highest BCUT2D eigenvalue weighted by molar-refractivity contribution is 5.81. The number of aromatic nitrogens is 2. The molecule has 6 heteroatoms. The molecule has 0 unspecified atom stereocenters. The molecule has 1 aliphatic rings. The Labute approximate surface area is 108 Å². The first-order valence-corrected chi connectivity index (χ1v) is 6.25. The summed E-state index contributed by atoms with van der Waals surface area (Å²) in [6, 6.07) is 0. The summed E-state index contributed by atoms with van der Waals surface area (Å²) in [7, 11) is 5.62. The van der Waals surface area contributed by atoms with Gasteiger partial charge in [0.2, 0.25) is 5.88 Å². The van der Waals surface area contributed by atoms with E-state index in [0.29, 0.717) is 6.54 Å². The van der Waals surface area contributed by atoms with Crippen molar-refractivity contribution in [3.05, 3.63) is 11.3 Å². The second kappa shape index (κ2) is 5.29. The van der Waals surface area contributed by atoms with Gasteiger partial charge >= 0.3 is 0 Å². The zero-order chi connectivity index (χ0) is 13.1. The van der Waals surface area contributed by atoms with Crippen LogP contribution in [0, 0.1) is 0 Å². The summed E-state index contributed by atoms with van der Waals surface area (Å²) in [5.74, 6) is 1.77. The number of aliphatic imine (C=N–C) groups is 1. The van der Waals surface area contributed by atoms with Gasteiger partial charge in [0.05, 0.1) is 31.5 Å². The van der Waals surface area contributed by atoms with Crippen molar-refractivity contribution in [1.82, 2.24) is 20.0 Å². The van der Waals surface area contributed by atoms with Crippen molar-refractivity contribution < 1.29 is 4.74 Å². The van der Waals surface area contributed by atoms with E-state index < -0.39 is 0 Å². The smallest absolute Gasteiger partial charge is 0.216 e. The SMILES string of the molecule is CCc1nn(C)c(OC)c1CNC1=NCCN1C. The molecule has 0 aromatic carbocycles. The minimum atomic E-state index is 0.698. The standard InChI is InChI=1S/C12H21N5O/c1-5-10-9(11(18-4)17(3)15-10)8-14-12-13-6-7-16(12)2/h5-8H2,1-4H3,(H,13,14). The summed E-state index contributed by atoms with van der Waals surface area (Å²) < 4.78 is 7.20. The number of aryl methyl sites for hydroxylation is 2. The Bertz CT molecular complexity index is 452. The zero-order valence-corrected chi connectivity index (χ0v) is 11.5. The Kier molecular flexibility index (Phi) is 3.74. The van der Waals surface area contributed by atoms with E-state index >= 15 is 0 Å². The summed E-state index contributed by atoms with van der Waals surface area (Å²) in [6.07, 6.45) is 0.899. The van der Waals surface area contributed by atoms with E-state index in [9.17, 15) is 0 Å². The molecule has 2 rings (SSSR count). The maximum atomic E-state index is 5.41. The Morgan fingerprint density at radius 2 is 2.17 bits per heavy atom. The molecule has 18 heavy (non-hydrogen) atoms. The van der Waals surface area contributed by atoms with Crippen LogP contribution in [0.1, 0.15) is 18.2 Å². The third kappa shape index (κ3) is 2.27. The lowest BCUT2D eigenvalue weighted by Crippen LogP contribution is -2.35. The highest BCUT2D eigenvalue weighted by Crippen LogP contribution is 2.21. The van der Waals surface area contributed by atoms with E-state index in [0.717, 1.165) is 42.6 Å². The summed E-state index contributed by atoms with van der Waals surface area (Å²) in [4.78, 5) is 6.53. The molecule has 2 heterocycles. The van der Waals surface area contributed by atoms with E-state index in [1.165, 1.54) is 0 Å². The van der Waals surface area contributed by atoms with Gasteiger partial charge in [0.25, 0.3) is 0 Å². The predicted molar refractivity (Wildman–Crippen MR) is 70.9 cm³/mol. The first kappa shape index (κ1) is 12.7. The summed E-state index contributed by atoms with van der Waals surface area (Å²) in [6.45, 7) is 4.64. The lowest BCUT2D eigenvalue weighted by Gasteiger charge is -2.15. The van der Waals surface area contributed by atoms with Crippen LogP contribution in [0.15, 0.2) is 4.99 Å². The summed E-state index contributed by atoms with van der Waals surface area (Å²) in [5, 5.41) is 7.82. The first-order valence-electron chi connectivity index (χ1n) is 6.25. The van der Waals surface area contributed by atoms with Gasteiger partial charge in [-0.05, 0) is 6.42 Å². The minimum Gasteiger partial charge on any atom is -0.481 e. The van der Waals surface area contributed by atoms with Gasteiger partial charge in [-0.25, -0.2) is 4.68 Å². The summed E-state index contributed by atoms with van der Waals surface area (Å²) >= 11 is 0. The molecule has 1 N–H and O–H groups in total. The van der Waals surface area contributed by atoms with Gasteiger partial charge in [0.1, 0.15) is 0 Å². The van der Waals surface area contributed by atoms with Crippen LogP contribution in [0.4, 0.5) is 0 Å². The Morgan fingerprint density at radius 1 is 1.39 bits per heavy atom. The van der Waals surface area contributed by atoms with Gasteiger partial charge in [-0.15, -0.1) is 0 Å². The number of hydrogen-bond donors (Lipinski definition) is 1. The fourth-order valence-electron chi connectivity index (χ4n) is 2.21. The van der Waals surface area contributed by atoms with Crippen molar-refractivity contribution >= 4 is 5.96 Å². The number of rotatable bonds is 4. The fraction of sp³-hybridized carbons (Fsp3) is 0.667. The molecule has 1 aromatic heterocycles. The molecule has 1 aliphatic heterocycles. The van der Waals surface area contributed by atoms with Crippen molar-refractivity contribution in [3.63, 3.8) is 0 Å². The van der Waals surface area contributed by atoms with Crippen LogP contribution in [0.5, 0.6) is 5.88 Å². The van der Waals surface area contributed by atoms with Crippen LogP contribution in [0.25, 0.3) is 0 Å². The minimum absolute atomic E-state index is 0.698. The topological polar surface area (TPSA) is 54.7 Å². The molecule has 1 aromatic rings. The molecule has 0 saturated carbocycles. The number of nitrogens with one attached hydrogen (secondary N) is 1. The molecule has 0 bridgehead atoms. The van der Waals surface area contributed by atoms with Gasteiger partial charge in [0.15, 0.2) is 5.96 Å². The Morgan fingerprint density at radius 3 is 2.72 bits per heavy atom. The number of guanidine groups is 1. The third-order valence-electron chi connectivity index (χ3n) is 3.18. The van der Waals surface area contributed by atoms with Crippen molar-refractivity contribution in [2.75, 3.05) is 27.2 Å². The molecule has 0 radical (unpaired) electrons. The van der Waals surface area contributed by atoms with Gasteiger partial charge in [-0.3, -0.25) is 4.99 Å². The van der Waals surface area contributed by atoms with Crippen LogP contribution >= 0.6 is 0 Å². The number of hydrogen-bond acceptors (Lipinski definition) is 5. The van der Waals surface area contributed by atoms with Gasteiger partial charge < -0.3 is 15.0 Å². The van der Waals surface area contributed by atoms with E-state index in [4.69, 9.17) is 4.74 Å². The van der Waals surface area contributed by atoms with Crippen LogP contribution in [-0.2, 0) is 20.0 Å². The third-order valence-corrected chi connectivity index (χ3v) is 3.18. The van der Waals surface area contributed by atoms with Gasteiger partial charge in [-0.1, -0.05) is 6.92 Å². The second-order valence-corrected chi connectivity index (χ2v) is 4.39. The molecule has 100 valence electrons. The Hall–Kier alpha value is -1.72. The fourth-order valence-corrected chi connectivity index (χ4v) is 2.21. The predicted octanol–water partition coefficient (Wildman–Crippen LogP) is 0.382. The van der Waals surface area contributed by atoms with Crippen LogP contribution in [0.2, 0.25) is 0 Å². The first-order chi connectivity index (χ1) is 8.67. The molecule has 0 saturated heterocycles. The van der Waals surface area contributed by atoms with Crippen LogP contribution in [0.3, 0.4) is 0 Å². The molecule has 0 spiro atoms. The molecule has 0 aliphatic carbocycles. The van der Waals surface area contributed by atoms with Crippen LogP contribution in [-0.4, -0.2) is 47.9 Å². The average molecular weight is 251 g/mol. The zero-order valence-electron chi connectivity index (χ0n) is 11.5. The van der Waals surface area contributed by atoms with E-state index in [1.807, 2.05) is 14.1 Å². The maximum absolute atomic E-state index is 5.41. The molecular formula is C12H21N5O. The Balaban J connectivity index is 2.13. The number of nitrogens with zero attached hydrogens (tertiary/aromatic N) is 4. The lowest BCUT2D eigenvalue weighted by molar-refractivity contribution is 0.368. The van der Waals surface area contributed by atoms with Crippen molar-refractivity contribution in [2.24, 2.45) is 12.0 Å². The molecule has 0 fully saturated rings. The summed E-state index contributed by atoms with van der Waals surface area (Å²) in [5.41, 5.74) is 2.19. The normalized spacial score (nSPS) is 14.9. The van der Waals surface area contributed by atoms with E-state index in [1.54, 1.807) is 11.8 Å². The largest absolute Gasteiger partial charge is 0.481 e. The van der Waals surface area contributed by atoms with Crippen molar-refractivity contribution in [3.8, 4) is 5.88 Å². The monoisotopic (exact) mass is 251 g/mol. The van der Waals surface area contributed by atoms with Gasteiger partial charge in [-0.2, -0.15) is 5.10 Å². The second-order valence-electron chi connectivity index (χ2n) is 4.39. The molecule has 6 nitrogen and oxygen atoms in total. The van der Waals surface area contributed by atoms with E-state index in [-0.39, 0.29) is 0 Å². The van der Waals surface area contributed by atoms with Gasteiger partial charge in [0, 0.05) is 20.6 Å². The van der Waals surface area contributed by atoms with Crippen molar-refractivity contribution in [1.29, 1.82) is 0 Å². The van der Waals surface area contributed by atoms with Crippen LogP contribution < -0.4 is 10.1 Å². The highest BCUT2D eigenvalue weighted by Gasteiger charge is 2.18. The quantitative estimate of drug-likeness (QED) is 0.840. The van der Waals surface area contributed by atoms with Crippen molar-refractivity contribution in [2.45, 2.75) is 19.9 Å². The highest BCUT2D eigenvalue weighted by atomic mass is 16.5. The molecule has 0 atom stereocenters. The van der Waals surface area contributed by atoms with E-state index in [2.05, 4.69) is 27.2 Å². The lowest BCUT2D eigenvalue weighted by atomic mass is 10.2.